The molecule has 84 valence electrons. The zero-order valence-corrected chi connectivity index (χ0v) is 9.25. The molecule has 0 radical (unpaired) electrons. The first-order valence-corrected chi connectivity index (χ1v) is 5.27. The molecule has 0 aliphatic rings. The minimum atomic E-state index is -0.0732. The quantitative estimate of drug-likeness (QED) is 0.699. The minimum Gasteiger partial charge on any atom is -0.467 e. The first-order valence-electron chi connectivity index (χ1n) is 5.27. The van der Waals surface area contributed by atoms with E-state index in [9.17, 15) is 4.79 Å². The van der Waals surface area contributed by atoms with Crippen LogP contribution in [0.25, 0.3) is 0 Å². The van der Waals surface area contributed by atoms with Gasteiger partial charge in [-0.2, -0.15) is 0 Å². The van der Waals surface area contributed by atoms with E-state index < -0.39 is 0 Å². The van der Waals surface area contributed by atoms with Crippen LogP contribution in [0.15, 0.2) is 22.8 Å². The molecule has 1 amide bonds. The van der Waals surface area contributed by atoms with Gasteiger partial charge in [0.2, 0.25) is 5.91 Å². The lowest BCUT2D eigenvalue weighted by molar-refractivity contribution is -0.121. The molecule has 0 spiro atoms. The molecule has 1 heterocycles. The Bertz CT molecular complexity index is 283. The molecule has 15 heavy (non-hydrogen) atoms. The lowest BCUT2D eigenvalue weighted by Gasteiger charge is -2.11. The van der Waals surface area contributed by atoms with Gasteiger partial charge in [0.15, 0.2) is 0 Å². The summed E-state index contributed by atoms with van der Waals surface area (Å²) in [6.07, 6.45) is 2.63. The SMILES string of the molecule is CCCNCC(=O)N[C@@H](C)c1ccco1. The maximum absolute atomic E-state index is 11.4. The maximum atomic E-state index is 11.4. The van der Waals surface area contributed by atoms with Crippen molar-refractivity contribution in [2.24, 2.45) is 0 Å². The van der Waals surface area contributed by atoms with E-state index in [4.69, 9.17) is 4.42 Å². The molecule has 2 N–H and O–H groups in total. The Morgan fingerprint density at radius 3 is 3.00 bits per heavy atom. The number of furan rings is 1. The number of rotatable bonds is 6. The number of amides is 1. The van der Waals surface area contributed by atoms with Crippen LogP contribution in [0.1, 0.15) is 32.1 Å². The summed E-state index contributed by atoms with van der Waals surface area (Å²) in [5.74, 6) is 0.770. The number of carbonyl (C=O) groups excluding carboxylic acids is 1. The lowest BCUT2D eigenvalue weighted by atomic mass is 10.2. The predicted molar refractivity (Wildman–Crippen MR) is 58.4 cm³/mol. The van der Waals surface area contributed by atoms with Crippen LogP contribution in [0, 0.1) is 0 Å². The summed E-state index contributed by atoms with van der Waals surface area (Å²) in [5.41, 5.74) is 0. The van der Waals surface area contributed by atoms with E-state index in [-0.39, 0.29) is 11.9 Å². The fraction of sp³-hybridized carbons (Fsp3) is 0.545. The average Bonchev–Trinajstić information content (AvgIpc) is 2.70. The first kappa shape index (κ1) is 11.8. The van der Waals surface area contributed by atoms with Crippen LogP contribution in [-0.4, -0.2) is 19.0 Å². The Hall–Kier alpha value is -1.29. The van der Waals surface area contributed by atoms with Gasteiger partial charge in [0.25, 0.3) is 0 Å². The molecule has 0 saturated carbocycles. The van der Waals surface area contributed by atoms with Gasteiger partial charge >= 0.3 is 0 Å². The molecule has 1 atom stereocenters. The molecule has 1 aromatic heterocycles. The van der Waals surface area contributed by atoms with Gasteiger partial charge in [0, 0.05) is 0 Å². The Labute approximate surface area is 90.0 Å². The Balaban J connectivity index is 2.26. The molecule has 1 rings (SSSR count). The van der Waals surface area contributed by atoms with E-state index in [1.807, 2.05) is 19.1 Å². The van der Waals surface area contributed by atoms with Gasteiger partial charge in [0.1, 0.15) is 5.76 Å². The van der Waals surface area contributed by atoms with E-state index in [2.05, 4.69) is 17.6 Å². The number of carbonyl (C=O) groups is 1. The summed E-state index contributed by atoms with van der Waals surface area (Å²) in [6.45, 7) is 5.19. The van der Waals surface area contributed by atoms with Crippen molar-refractivity contribution in [1.82, 2.24) is 10.6 Å². The summed E-state index contributed by atoms with van der Waals surface area (Å²) in [5, 5.41) is 5.89. The molecule has 0 unspecified atom stereocenters. The number of nitrogens with one attached hydrogen (secondary N) is 2. The van der Waals surface area contributed by atoms with Crippen LogP contribution in [0.5, 0.6) is 0 Å². The minimum absolute atomic E-state index is 0.00708. The van der Waals surface area contributed by atoms with Gasteiger partial charge in [0.05, 0.1) is 18.8 Å². The molecule has 4 nitrogen and oxygen atoms in total. The lowest BCUT2D eigenvalue weighted by Crippen LogP contribution is -2.35. The smallest absolute Gasteiger partial charge is 0.234 e. The molecule has 4 heteroatoms. The molecule has 0 aliphatic heterocycles. The van der Waals surface area contributed by atoms with Crippen LogP contribution < -0.4 is 10.6 Å². The van der Waals surface area contributed by atoms with Gasteiger partial charge < -0.3 is 15.1 Å². The highest BCUT2D eigenvalue weighted by Crippen LogP contribution is 2.11. The largest absolute Gasteiger partial charge is 0.467 e. The van der Waals surface area contributed by atoms with E-state index in [0.29, 0.717) is 6.54 Å². The Morgan fingerprint density at radius 1 is 1.60 bits per heavy atom. The van der Waals surface area contributed by atoms with Crippen molar-refractivity contribution in [2.45, 2.75) is 26.3 Å². The summed E-state index contributed by atoms with van der Waals surface area (Å²) in [4.78, 5) is 11.4. The van der Waals surface area contributed by atoms with Gasteiger partial charge in [-0.05, 0) is 32.0 Å². The van der Waals surface area contributed by atoms with Gasteiger partial charge in [-0.3, -0.25) is 4.79 Å². The van der Waals surface area contributed by atoms with Crippen molar-refractivity contribution < 1.29 is 9.21 Å². The standard InChI is InChI=1S/C11H18N2O2/c1-3-6-12-8-11(14)13-9(2)10-5-4-7-15-10/h4-5,7,9,12H,3,6,8H2,1-2H3,(H,13,14)/t9-/m0/s1. The molecular weight excluding hydrogens is 192 g/mol. The van der Waals surface area contributed by atoms with Gasteiger partial charge in [-0.25, -0.2) is 0 Å². The third kappa shape index (κ3) is 4.16. The second-order valence-electron chi connectivity index (χ2n) is 3.48. The highest BCUT2D eigenvalue weighted by atomic mass is 16.3. The topological polar surface area (TPSA) is 54.3 Å². The Morgan fingerprint density at radius 2 is 2.40 bits per heavy atom. The highest BCUT2D eigenvalue weighted by molar-refractivity contribution is 5.78. The predicted octanol–water partition coefficient (Wildman–Crippen LogP) is 1.46. The molecule has 0 fully saturated rings. The molecule has 1 aromatic rings. The number of hydrogen-bond acceptors (Lipinski definition) is 3. The van der Waals surface area contributed by atoms with Crippen LogP contribution in [0.4, 0.5) is 0 Å². The van der Waals surface area contributed by atoms with Gasteiger partial charge in [-0.15, -0.1) is 0 Å². The second-order valence-corrected chi connectivity index (χ2v) is 3.48. The third-order valence-corrected chi connectivity index (χ3v) is 2.06. The van der Waals surface area contributed by atoms with Crippen molar-refractivity contribution in [2.75, 3.05) is 13.1 Å². The molecule has 0 aromatic carbocycles. The van der Waals surface area contributed by atoms with Crippen molar-refractivity contribution >= 4 is 5.91 Å². The average molecular weight is 210 g/mol. The summed E-state index contributed by atoms with van der Waals surface area (Å²) in [7, 11) is 0. The summed E-state index contributed by atoms with van der Waals surface area (Å²) in [6, 6.07) is 3.59. The summed E-state index contributed by atoms with van der Waals surface area (Å²) >= 11 is 0. The number of hydrogen-bond donors (Lipinski definition) is 2. The van der Waals surface area contributed by atoms with E-state index >= 15 is 0 Å². The molecule has 0 saturated heterocycles. The zero-order chi connectivity index (χ0) is 11.1. The molecular formula is C11H18N2O2. The molecule has 0 bridgehead atoms. The van der Waals surface area contributed by atoms with Crippen LogP contribution >= 0.6 is 0 Å². The van der Waals surface area contributed by atoms with Crippen molar-refractivity contribution in [3.63, 3.8) is 0 Å². The fourth-order valence-corrected chi connectivity index (χ4v) is 1.28. The second kappa shape index (κ2) is 6.24. The van der Waals surface area contributed by atoms with Crippen LogP contribution in [0.2, 0.25) is 0 Å². The zero-order valence-electron chi connectivity index (χ0n) is 9.25. The van der Waals surface area contributed by atoms with E-state index in [1.165, 1.54) is 0 Å². The highest BCUT2D eigenvalue weighted by Gasteiger charge is 2.10. The van der Waals surface area contributed by atoms with Crippen molar-refractivity contribution in [3.05, 3.63) is 24.2 Å². The normalized spacial score (nSPS) is 12.4. The molecule has 0 aliphatic carbocycles. The fourth-order valence-electron chi connectivity index (χ4n) is 1.28. The Kier molecular flexibility index (Phi) is 4.90. The van der Waals surface area contributed by atoms with Crippen LogP contribution in [0.3, 0.4) is 0 Å². The first-order chi connectivity index (χ1) is 7.24. The van der Waals surface area contributed by atoms with Crippen molar-refractivity contribution in [3.8, 4) is 0 Å². The van der Waals surface area contributed by atoms with Crippen molar-refractivity contribution in [1.29, 1.82) is 0 Å². The van der Waals surface area contributed by atoms with Gasteiger partial charge in [-0.1, -0.05) is 6.92 Å². The maximum Gasteiger partial charge on any atom is 0.234 e. The summed E-state index contributed by atoms with van der Waals surface area (Å²) < 4.78 is 5.19. The van der Waals surface area contributed by atoms with Crippen LogP contribution in [-0.2, 0) is 4.79 Å². The van der Waals surface area contributed by atoms with E-state index in [0.717, 1.165) is 18.7 Å². The van der Waals surface area contributed by atoms with E-state index in [1.54, 1.807) is 6.26 Å². The third-order valence-electron chi connectivity index (χ3n) is 2.06. The monoisotopic (exact) mass is 210 g/mol.